The zero-order valence-electron chi connectivity index (χ0n) is 11.1. The van der Waals surface area contributed by atoms with Crippen LogP contribution in [0.3, 0.4) is 0 Å². The Labute approximate surface area is 130 Å². The lowest BCUT2D eigenvalue weighted by atomic mass is 10.2. The fourth-order valence-corrected chi connectivity index (χ4v) is 3.99. The highest BCUT2D eigenvalue weighted by molar-refractivity contribution is 9.10. The van der Waals surface area contributed by atoms with E-state index < -0.39 is 21.7 Å². The third-order valence-electron chi connectivity index (χ3n) is 2.88. The van der Waals surface area contributed by atoms with Crippen LogP contribution in [0.1, 0.15) is 5.56 Å². The van der Waals surface area contributed by atoms with E-state index in [2.05, 4.69) is 15.9 Å². The van der Waals surface area contributed by atoms with E-state index in [0.29, 0.717) is 5.56 Å². The molecule has 0 N–H and O–H groups in total. The molecule has 0 spiro atoms. The van der Waals surface area contributed by atoms with Crippen molar-refractivity contribution in [3.8, 4) is 0 Å². The third-order valence-corrected chi connectivity index (χ3v) is 5.66. The highest BCUT2D eigenvalue weighted by Gasteiger charge is 2.23. The Balaban J connectivity index is 2.30. The molecule has 0 atom stereocenters. The van der Waals surface area contributed by atoms with Gasteiger partial charge in [0, 0.05) is 18.1 Å². The molecule has 0 radical (unpaired) electrons. The molecule has 0 fully saturated rings. The average molecular weight is 376 g/mol. The van der Waals surface area contributed by atoms with Crippen molar-refractivity contribution in [1.82, 2.24) is 4.31 Å². The first kappa shape index (κ1) is 16.1. The fourth-order valence-electron chi connectivity index (χ4n) is 1.83. The Morgan fingerprint density at radius 2 is 1.76 bits per heavy atom. The molecule has 21 heavy (non-hydrogen) atoms. The summed E-state index contributed by atoms with van der Waals surface area (Å²) in [6.07, 6.45) is 0. The number of rotatable bonds is 4. The molecule has 2 aromatic carbocycles. The minimum absolute atomic E-state index is 0.0178. The van der Waals surface area contributed by atoms with Crippen LogP contribution >= 0.6 is 15.9 Å². The van der Waals surface area contributed by atoms with Gasteiger partial charge in [-0.05, 0) is 51.8 Å². The highest BCUT2D eigenvalue weighted by atomic mass is 79.9. The molecule has 0 aliphatic rings. The van der Waals surface area contributed by atoms with Gasteiger partial charge >= 0.3 is 0 Å². The monoisotopic (exact) mass is 375 g/mol. The van der Waals surface area contributed by atoms with Gasteiger partial charge in [-0.15, -0.1) is 0 Å². The van der Waals surface area contributed by atoms with Gasteiger partial charge in [0.25, 0.3) is 0 Å². The Kier molecular flexibility index (Phi) is 4.75. The largest absolute Gasteiger partial charge is 0.244 e. The lowest BCUT2D eigenvalue weighted by Crippen LogP contribution is -2.26. The molecule has 3 nitrogen and oxygen atoms in total. The summed E-state index contributed by atoms with van der Waals surface area (Å²) in [4.78, 5) is -0.0391. The molecule has 0 saturated carbocycles. The molecule has 112 valence electrons. The predicted octanol–water partition coefficient (Wildman–Crippen LogP) is 3.55. The second-order valence-corrected chi connectivity index (χ2v) is 7.33. The van der Waals surface area contributed by atoms with Gasteiger partial charge in [0.2, 0.25) is 10.0 Å². The second kappa shape index (κ2) is 6.21. The van der Waals surface area contributed by atoms with Crippen LogP contribution in [-0.2, 0) is 16.6 Å². The van der Waals surface area contributed by atoms with E-state index >= 15 is 0 Å². The Morgan fingerprint density at radius 1 is 1.10 bits per heavy atom. The SMILES string of the molecule is CN(Cc1cccc(F)c1)S(=O)(=O)c1ccc(F)cc1Br. The maximum atomic E-state index is 13.1. The maximum Gasteiger partial charge on any atom is 0.244 e. The predicted molar refractivity (Wildman–Crippen MR) is 79.2 cm³/mol. The average Bonchev–Trinajstić information content (AvgIpc) is 2.38. The molecule has 0 aromatic heterocycles. The van der Waals surface area contributed by atoms with E-state index in [0.717, 1.165) is 16.4 Å². The van der Waals surface area contributed by atoms with Gasteiger partial charge in [-0.3, -0.25) is 0 Å². The molecule has 0 amide bonds. The smallest absolute Gasteiger partial charge is 0.207 e. The van der Waals surface area contributed by atoms with Crippen LogP contribution in [0.4, 0.5) is 8.78 Å². The first-order chi connectivity index (χ1) is 9.80. The van der Waals surface area contributed by atoms with Crippen LogP contribution in [0.5, 0.6) is 0 Å². The van der Waals surface area contributed by atoms with E-state index in [4.69, 9.17) is 0 Å². The zero-order chi connectivity index (χ0) is 15.6. The van der Waals surface area contributed by atoms with Crippen molar-refractivity contribution in [3.63, 3.8) is 0 Å². The Morgan fingerprint density at radius 3 is 2.38 bits per heavy atom. The summed E-state index contributed by atoms with van der Waals surface area (Å²) in [7, 11) is -2.42. The number of hydrogen-bond acceptors (Lipinski definition) is 2. The van der Waals surface area contributed by atoms with Crippen LogP contribution in [0.25, 0.3) is 0 Å². The van der Waals surface area contributed by atoms with E-state index in [1.54, 1.807) is 6.07 Å². The summed E-state index contributed by atoms with van der Waals surface area (Å²) in [6.45, 7) is 0.0178. The Hall–Kier alpha value is -1.31. The van der Waals surface area contributed by atoms with Crippen molar-refractivity contribution in [2.24, 2.45) is 0 Å². The molecule has 0 heterocycles. The summed E-state index contributed by atoms with van der Waals surface area (Å²) in [5, 5.41) is 0. The molecule has 0 saturated heterocycles. The summed E-state index contributed by atoms with van der Waals surface area (Å²) in [5.41, 5.74) is 0.527. The van der Waals surface area contributed by atoms with Crippen molar-refractivity contribution in [3.05, 3.63) is 64.1 Å². The number of hydrogen-bond donors (Lipinski definition) is 0. The molecule has 2 rings (SSSR count). The summed E-state index contributed by atoms with van der Waals surface area (Å²) in [6, 6.07) is 9.06. The van der Waals surface area contributed by atoms with Crippen LogP contribution in [-0.4, -0.2) is 19.8 Å². The molecular formula is C14H12BrF2NO2S. The summed E-state index contributed by atoms with van der Waals surface area (Å²) >= 11 is 3.04. The standard InChI is InChI=1S/C14H12BrF2NO2S/c1-18(9-10-3-2-4-11(16)7-10)21(19,20)14-6-5-12(17)8-13(14)15/h2-8H,9H2,1H3. The molecule has 0 aliphatic heterocycles. The van der Waals surface area contributed by atoms with Gasteiger partial charge in [-0.1, -0.05) is 12.1 Å². The minimum Gasteiger partial charge on any atom is -0.207 e. The van der Waals surface area contributed by atoms with Crippen molar-refractivity contribution in [2.75, 3.05) is 7.05 Å². The maximum absolute atomic E-state index is 13.1. The molecule has 2 aromatic rings. The molecule has 0 aliphatic carbocycles. The van der Waals surface area contributed by atoms with Crippen LogP contribution < -0.4 is 0 Å². The Bertz CT molecular complexity index is 765. The van der Waals surface area contributed by atoms with Crippen molar-refractivity contribution in [1.29, 1.82) is 0 Å². The van der Waals surface area contributed by atoms with Gasteiger partial charge in [0.1, 0.15) is 11.6 Å². The minimum atomic E-state index is -3.80. The number of sulfonamides is 1. The topological polar surface area (TPSA) is 37.4 Å². The van der Waals surface area contributed by atoms with Crippen molar-refractivity contribution < 1.29 is 17.2 Å². The fraction of sp³-hybridized carbons (Fsp3) is 0.143. The molecular weight excluding hydrogens is 364 g/mol. The molecule has 0 unspecified atom stereocenters. The van der Waals surface area contributed by atoms with Gasteiger partial charge in [-0.25, -0.2) is 17.2 Å². The molecule has 7 heteroatoms. The van der Waals surface area contributed by atoms with Crippen molar-refractivity contribution in [2.45, 2.75) is 11.4 Å². The summed E-state index contributed by atoms with van der Waals surface area (Å²) < 4.78 is 52.3. The van der Waals surface area contributed by atoms with E-state index in [9.17, 15) is 17.2 Å². The van der Waals surface area contributed by atoms with E-state index in [1.165, 1.54) is 31.3 Å². The second-order valence-electron chi connectivity index (χ2n) is 4.47. The van der Waals surface area contributed by atoms with Crippen LogP contribution in [0.2, 0.25) is 0 Å². The van der Waals surface area contributed by atoms with E-state index in [-0.39, 0.29) is 15.9 Å². The quantitative estimate of drug-likeness (QED) is 0.819. The number of benzene rings is 2. The lowest BCUT2D eigenvalue weighted by molar-refractivity contribution is 0.465. The van der Waals surface area contributed by atoms with Crippen molar-refractivity contribution >= 4 is 26.0 Å². The highest BCUT2D eigenvalue weighted by Crippen LogP contribution is 2.26. The van der Waals surface area contributed by atoms with Gasteiger partial charge in [0.05, 0.1) is 4.90 Å². The van der Waals surface area contributed by atoms with E-state index in [1.807, 2.05) is 0 Å². The third kappa shape index (κ3) is 3.66. The van der Waals surface area contributed by atoms with Gasteiger partial charge < -0.3 is 0 Å². The number of nitrogens with zero attached hydrogens (tertiary/aromatic N) is 1. The van der Waals surface area contributed by atoms with Gasteiger partial charge in [-0.2, -0.15) is 4.31 Å². The van der Waals surface area contributed by atoms with Crippen LogP contribution in [0, 0.1) is 11.6 Å². The van der Waals surface area contributed by atoms with Crippen LogP contribution in [0.15, 0.2) is 51.8 Å². The first-order valence-electron chi connectivity index (χ1n) is 5.96. The normalized spacial score (nSPS) is 11.9. The first-order valence-corrected chi connectivity index (χ1v) is 8.20. The number of halogens is 3. The summed E-state index contributed by atoms with van der Waals surface area (Å²) in [5.74, 6) is -0.963. The zero-order valence-corrected chi connectivity index (χ0v) is 13.5. The lowest BCUT2D eigenvalue weighted by Gasteiger charge is -2.18. The van der Waals surface area contributed by atoms with Gasteiger partial charge in [0.15, 0.2) is 0 Å². The molecule has 0 bridgehead atoms.